The maximum atomic E-state index is 12.5. The minimum absolute atomic E-state index is 0.0635. The summed E-state index contributed by atoms with van der Waals surface area (Å²) < 4.78 is 5.96. The highest BCUT2D eigenvalue weighted by Gasteiger charge is 2.33. The van der Waals surface area contributed by atoms with Gasteiger partial charge in [0.25, 0.3) is 0 Å². The van der Waals surface area contributed by atoms with E-state index in [-0.39, 0.29) is 24.0 Å². The van der Waals surface area contributed by atoms with Gasteiger partial charge in [0.15, 0.2) is 0 Å². The highest BCUT2D eigenvalue weighted by molar-refractivity contribution is 6.32. The van der Waals surface area contributed by atoms with E-state index in [1.807, 2.05) is 12.1 Å². The number of carbonyl (C=O) groups excluding carboxylic acids is 2. The highest BCUT2D eigenvalue weighted by atomic mass is 35.5. The van der Waals surface area contributed by atoms with Gasteiger partial charge >= 0.3 is 0 Å². The number of benzene rings is 1. The Balaban J connectivity index is 1.41. The lowest BCUT2D eigenvalue weighted by atomic mass is 10.0. The van der Waals surface area contributed by atoms with Crippen LogP contribution in [0.15, 0.2) is 30.9 Å². The number of likely N-dealkylation sites (tertiary alicyclic amines) is 1. The molecule has 3 heterocycles. The molecule has 0 bridgehead atoms. The topological polar surface area (TPSA) is 84.4 Å². The van der Waals surface area contributed by atoms with Gasteiger partial charge < -0.3 is 15.0 Å². The van der Waals surface area contributed by atoms with Crippen molar-refractivity contribution in [3.63, 3.8) is 0 Å². The molecular formula is C20H21ClN4O3. The second-order valence-electron chi connectivity index (χ2n) is 7.13. The fourth-order valence-corrected chi connectivity index (χ4v) is 4.15. The zero-order valence-electron chi connectivity index (χ0n) is 15.5. The van der Waals surface area contributed by atoms with Crippen molar-refractivity contribution in [2.24, 2.45) is 0 Å². The van der Waals surface area contributed by atoms with Crippen molar-refractivity contribution in [3.05, 3.63) is 41.4 Å². The number of amides is 2. The van der Waals surface area contributed by atoms with Crippen molar-refractivity contribution < 1.29 is 14.3 Å². The Morgan fingerprint density at radius 3 is 2.82 bits per heavy atom. The summed E-state index contributed by atoms with van der Waals surface area (Å²) in [6.45, 7) is 2.51. The van der Waals surface area contributed by atoms with Gasteiger partial charge in [0.2, 0.25) is 11.8 Å². The van der Waals surface area contributed by atoms with Crippen molar-refractivity contribution in [3.8, 4) is 16.9 Å². The molecule has 8 heteroatoms. The van der Waals surface area contributed by atoms with E-state index in [0.29, 0.717) is 36.7 Å². The van der Waals surface area contributed by atoms with Gasteiger partial charge in [-0.15, -0.1) is 0 Å². The van der Waals surface area contributed by atoms with Gasteiger partial charge in [-0.3, -0.25) is 9.59 Å². The molecule has 2 atom stereocenters. The molecule has 1 fully saturated rings. The smallest absolute Gasteiger partial charge is 0.242 e. The van der Waals surface area contributed by atoms with E-state index in [1.54, 1.807) is 17.3 Å². The molecule has 4 rings (SSSR count). The van der Waals surface area contributed by atoms with Crippen LogP contribution in [-0.4, -0.2) is 51.9 Å². The first-order valence-corrected chi connectivity index (χ1v) is 9.70. The summed E-state index contributed by atoms with van der Waals surface area (Å²) in [6.07, 6.45) is 6.97. The largest absolute Gasteiger partial charge is 0.486 e. The van der Waals surface area contributed by atoms with Crippen LogP contribution in [0.4, 0.5) is 0 Å². The van der Waals surface area contributed by atoms with Gasteiger partial charge in [0, 0.05) is 43.4 Å². The Hall–Kier alpha value is -2.67. The summed E-state index contributed by atoms with van der Waals surface area (Å²) in [5.74, 6) is 0.472. The van der Waals surface area contributed by atoms with Crippen LogP contribution in [0.5, 0.6) is 5.75 Å². The minimum atomic E-state index is -0.380. The van der Waals surface area contributed by atoms with E-state index in [9.17, 15) is 9.59 Å². The van der Waals surface area contributed by atoms with Crippen molar-refractivity contribution in [1.82, 2.24) is 20.2 Å². The summed E-state index contributed by atoms with van der Waals surface area (Å²) in [5.41, 5.74) is 2.81. The second kappa shape index (κ2) is 7.75. The summed E-state index contributed by atoms with van der Waals surface area (Å²) in [4.78, 5) is 33.9. The molecule has 1 aromatic heterocycles. The average molecular weight is 401 g/mol. The third kappa shape index (κ3) is 3.67. The van der Waals surface area contributed by atoms with Gasteiger partial charge in [0.1, 0.15) is 24.2 Å². The van der Waals surface area contributed by atoms with Crippen LogP contribution >= 0.6 is 11.6 Å². The van der Waals surface area contributed by atoms with Crippen LogP contribution in [0, 0.1) is 0 Å². The lowest BCUT2D eigenvalue weighted by molar-refractivity contribution is -0.137. The van der Waals surface area contributed by atoms with Gasteiger partial charge in [-0.2, -0.15) is 0 Å². The van der Waals surface area contributed by atoms with E-state index in [0.717, 1.165) is 23.1 Å². The Bertz CT molecular complexity index is 906. The number of halogens is 1. The third-order valence-corrected chi connectivity index (χ3v) is 5.49. The Labute approximate surface area is 168 Å². The average Bonchev–Trinajstić information content (AvgIpc) is 3.34. The molecule has 2 amide bonds. The number of fused-ring (bicyclic) bond motifs is 1. The number of carbonyl (C=O) groups is 2. The number of nitrogens with one attached hydrogen (secondary N) is 1. The first-order valence-electron chi connectivity index (χ1n) is 9.32. The maximum absolute atomic E-state index is 12.5. The lowest BCUT2D eigenvalue weighted by Crippen LogP contribution is -2.47. The van der Waals surface area contributed by atoms with Crippen molar-refractivity contribution >= 4 is 23.4 Å². The third-order valence-electron chi connectivity index (χ3n) is 5.21. The van der Waals surface area contributed by atoms with Gasteiger partial charge in [-0.1, -0.05) is 11.6 Å². The lowest BCUT2D eigenvalue weighted by Gasteiger charge is -2.23. The van der Waals surface area contributed by atoms with Gasteiger partial charge in [-0.05, 0) is 30.5 Å². The first-order chi connectivity index (χ1) is 13.5. The number of ether oxygens (including phenoxy) is 1. The summed E-state index contributed by atoms with van der Waals surface area (Å²) in [6, 6.07) is 3.48. The number of aromatic nitrogens is 2. The van der Waals surface area contributed by atoms with Crippen LogP contribution in [0.3, 0.4) is 0 Å². The van der Waals surface area contributed by atoms with E-state index in [2.05, 4.69) is 15.3 Å². The zero-order valence-corrected chi connectivity index (χ0v) is 16.3. The first kappa shape index (κ1) is 18.7. The Kier molecular flexibility index (Phi) is 5.17. The van der Waals surface area contributed by atoms with Crippen molar-refractivity contribution in [2.75, 3.05) is 13.1 Å². The van der Waals surface area contributed by atoms with Crippen LogP contribution in [0.2, 0.25) is 5.02 Å². The molecule has 0 spiro atoms. The molecule has 1 unspecified atom stereocenters. The molecule has 2 aliphatic rings. The summed E-state index contributed by atoms with van der Waals surface area (Å²) in [7, 11) is 0. The molecule has 2 aromatic rings. The SMILES string of the molecule is CC(=O)N1CCC[C@H]1C(=O)NCC1Cc2cc(-c3cncnc3)cc(Cl)c2O1. The second-order valence-corrected chi connectivity index (χ2v) is 7.54. The molecule has 2 aliphatic heterocycles. The number of rotatable bonds is 4. The molecule has 0 radical (unpaired) electrons. The predicted molar refractivity (Wildman–Crippen MR) is 104 cm³/mol. The molecule has 1 saturated heterocycles. The number of nitrogens with zero attached hydrogens (tertiary/aromatic N) is 3. The molecule has 1 aromatic carbocycles. The van der Waals surface area contributed by atoms with Gasteiger partial charge in [-0.25, -0.2) is 9.97 Å². The minimum Gasteiger partial charge on any atom is -0.486 e. The van der Waals surface area contributed by atoms with Crippen LogP contribution in [0.1, 0.15) is 25.3 Å². The fourth-order valence-electron chi connectivity index (χ4n) is 3.86. The maximum Gasteiger partial charge on any atom is 0.242 e. The van der Waals surface area contributed by atoms with E-state index >= 15 is 0 Å². The predicted octanol–water partition coefficient (Wildman–Crippen LogP) is 2.23. The number of hydrogen-bond donors (Lipinski definition) is 1. The molecule has 1 N–H and O–H groups in total. The molecule has 0 aliphatic carbocycles. The van der Waals surface area contributed by atoms with Crippen LogP contribution in [0.25, 0.3) is 11.1 Å². The monoisotopic (exact) mass is 400 g/mol. The van der Waals surface area contributed by atoms with Crippen LogP contribution in [-0.2, 0) is 16.0 Å². The van der Waals surface area contributed by atoms with Crippen molar-refractivity contribution in [1.29, 1.82) is 0 Å². The van der Waals surface area contributed by atoms with E-state index in [1.165, 1.54) is 13.3 Å². The van der Waals surface area contributed by atoms with Crippen molar-refractivity contribution in [2.45, 2.75) is 38.3 Å². The summed E-state index contributed by atoms with van der Waals surface area (Å²) >= 11 is 6.41. The highest BCUT2D eigenvalue weighted by Crippen LogP contribution is 2.39. The normalized spacial score (nSPS) is 20.6. The Morgan fingerprint density at radius 2 is 2.07 bits per heavy atom. The number of hydrogen-bond acceptors (Lipinski definition) is 5. The molecule has 146 valence electrons. The summed E-state index contributed by atoms with van der Waals surface area (Å²) in [5, 5.41) is 3.46. The Morgan fingerprint density at radius 1 is 1.29 bits per heavy atom. The molecule has 7 nitrogen and oxygen atoms in total. The fraction of sp³-hybridized carbons (Fsp3) is 0.400. The van der Waals surface area contributed by atoms with Gasteiger partial charge in [0.05, 0.1) is 11.6 Å². The van der Waals surface area contributed by atoms with E-state index in [4.69, 9.17) is 16.3 Å². The molecule has 0 saturated carbocycles. The molecular weight excluding hydrogens is 380 g/mol. The van der Waals surface area contributed by atoms with E-state index < -0.39 is 0 Å². The standard InChI is InChI=1S/C20H21ClN4O3/c1-12(26)25-4-2-3-18(25)20(27)24-10-16-6-14-5-13(7-17(21)19(14)28-16)15-8-22-11-23-9-15/h5,7-9,11,16,18H,2-4,6,10H2,1H3,(H,24,27)/t16?,18-/m0/s1. The quantitative estimate of drug-likeness (QED) is 0.850. The molecule has 28 heavy (non-hydrogen) atoms. The van der Waals surface area contributed by atoms with Crippen LogP contribution < -0.4 is 10.1 Å². The zero-order chi connectivity index (χ0) is 19.7.